The zero-order chi connectivity index (χ0) is 23.7. The highest BCUT2D eigenvalue weighted by Gasteiger charge is 2.31. The number of carbonyl (C=O) groups is 1. The molecule has 1 N–H and O–H groups in total. The SMILES string of the molecule is COCc1ccccc1.O=C(CN1CCOCC1)Nc1nc2ccc(OC(F)(F)F)cc2s1. The van der Waals surface area contributed by atoms with Crippen LogP contribution in [0.1, 0.15) is 5.56 Å². The molecule has 2 aromatic carbocycles. The number of amides is 1. The van der Waals surface area contributed by atoms with Crippen LogP contribution in [-0.2, 0) is 20.9 Å². The van der Waals surface area contributed by atoms with Gasteiger partial charge in [-0.25, -0.2) is 4.98 Å². The minimum absolute atomic E-state index is 0.220. The van der Waals surface area contributed by atoms with Crippen LogP contribution in [-0.4, -0.2) is 62.1 Å². The van der Waals surface area contributed by atoms with E-state index in [1.165, 1.54) is 23.8 Å². The first-order chi connectivity index (χ1) is 15.8. The van der Waals surface area contributed by atoms with Crippen LogP contribution in [0.3, 0.4) is 0 Å². The monoisotopic (exact) mass is 483 g/mol. The maximum atomic E-state index is 12.2. The van der Waals surface area contributed by atoms with E-state index in [-0.39, 0.29) is 18.2 Å². The molecule has 0 spiro atoms. The molecule has 178 valence electrons. The maximum absolute atomic E-state index is 12.2. The van der Waals surface area contributed by atoms with E-state index < -0.39 is 6.36 Å². The molecule has 0 unspecified atom stereocenters. The summed E-state index contributed by atoms with van der Waals surface area (Å²) in [5.41, 5.74) is 1.72. The van der Waals surface area contributed by atoms with Crippen LogP contribution in [0.25, 0.3) is 10.2 Å². The minimum Gasteiger partial charge on any atom is -0.406 e. The molecule has 4 rings (SSSR count). The second kappa shape index (κ2) is 11.9. The Hall–Kier alpha value is -2.73. The van der Waals surface area contributed by atoms with Gasteiger partial charge in [0.1, 0.15) is 5.75 Å². The quantitative estimate of drug-likeness (QED) is 0.564. The van der Waals surface area contributed by atoms with Crippen molar-refractivity contribution in [2.75, 3.05) is 45.3 Å². The number of carbonyl (C=O) groups excluding carboxylic acids is 1. The molecular weight excluding hydrogens is 459 g/mol. The number of ether oxygens (including phenoxy) is 3. The van der Waals surface area contributed by atoms with Crippen molar-refractivity contribution in [3.63, 3.8) is 0 Å². The summed E-state index contributed by atoms with van der Waals surface area (Å²) in [4.78, 5) is 18.2. The van der Waals surface area contributed by atoms with E-state index in [2.05, 4.69) is 15.0 Å². The molecule has 7 nitrogen and oxygen atoms in total. The van der Waals surface area contributed by atoms with Gasteiger partial charge in [0.2, 0.25) is 5.91 Å². The molecule has 3 aromatic rings. The van der Waals surface area contributed by atoms with Gasteiger partial charge in [0.25, 0.3) is 0 Å². The van der Waals surface area contributed by atoms with Crippen LogP contribution < -0.4 is 10.1 Å². The summed E-state index contributed by atoms with van der Waals surface area (Å²) in [6, 6.07) is 14.0. The lowest BCUT2D eigenvalue weighted by atomic mass is 10.2. The predicted octanol–water partition coefficient (Wildman–Crippen LogP) is 4.30. The number of hydrogen-bond acceptors (Lipinski definition) is 7. The van der Waals surface area contributed by atoms with Crippen molar-refractivity contribution in [1.29, 1.82) is 0 Å². The molecule has 33 heavy (non-hydrogen) atoms. The Morgan fingerprint density at radius 3 is 2.58 bits per heavy atom. The molecule has 0 saturated carbocycles. The maximum Gasteiger partial charge on any atom is 0.573 e. The molecule has 1 amide bonds. The number of anilines is 1. The Morgan fingerprint density at radius 1 is 1.18 bits per heavy atom. The molecule has 11 heteroatoms. The number of rotatable bonds is 6. The van der Waals surface area contributed by atoms with Gasteiger partial charge in [0, 0.05) is 26.3 Å². The number of benzene rings is 2. The fourth-order valence-corrected chi connectivity index (χ4v) is 3.93. The number of nitrogens with one attached hydrogen (secondary N) is 1. The van der Waals surface area contributed by atoms with Gasteiger partial charge < -0.3 is 19.5 Å². The molecule has 0 atom stereocenters. The highest BCUT2D eigenvalue weighted by Crippen LogP contribution is 2.31. The van der Waals surface area contributed by atoms with Gasteiger partial charge >= 0.3 is 6.36 Å². The van der Waals surface area contributed by atoms with Gasteiger partial charge in [-0.15, -0.1) is 13.2 Å². The molecule has 1 aliphatic rings. The molecule has 1 fully saturated rings. The third-order valence-corrected chi connectivity index (χ3v) is 5.40. The van der Waals surface area contributed by atoms with Crippen molar-refractivity contribution in [2.45, 2.75) is 13.0 Å². The third-order valence-electron chi connectivity index (χ3n) is 4.46. The molecule has 0 radical (unpaired) electrons. The number of fused-ring (bicyclic) bond motifs is 1. The zero-order valence-corrected chi connectivity index (χ0v) is 18.7. The lowest BCUT2D eigenvalue weighted by Gasteiger charge is -2.25. The number of aromatic nitrogens is 1. The smallest absolute Gasteiger partial charge is 0.406 e. The van der Waals surface area contributed by atoms with E-state index in [1.807, 2.05) is 35.2 Å². The number of hydrogen-bond donors (Lipinski definition) is 1. The average molecular weight is 484 g/mol. The Labute approximate surface area is 193 Å². The first-order valence-electron chi connectivity index (χ1n) is 10.1. The van der Waals surface area contributed by atoms with Gasteiger partial charge in [-0.2, -0.15) is 0 Å². The van der Waals surface area contributed by atoms with E-state index in [4.69, 9.17) is 9.47 Å². The Morgan fingerprint density at radius 2 is 1.91 bits per heavy atom. The van der Waals surface area contributed by atoms with E-state index >= 15 is 0 Å². The average Bonchev–Trinajstić information content (AvgIpc) is 3.16. The summed E-state index contributed by atoms with van der Waals surface area (Å²) in [5.74, 6) is -0.535. The Kier molecular flexibility index (Phi) is 9.01. The number of methoxy groups -OCH3 is 1. The highest BCUT2D eigenvalue weighted by molar-refractivity contribution is 7.22. The molecule has 1 aliphatic heterocycles. The number of morpholine rings is 1. The molecular formula is C22H24F3N3O4S. The van der Waals surface area contributed by atoms with Crippen LogP contribution in [0, 0.1) is 0 Å². The Bertz CT molecular complexity index is 1020. The minimum atomic E-state index is -4.74. The standard InChI is InChI=1S/C14H14F3N3O3S.C8H10O/c15-14(16,17)23-9-1-2-10-11(7-9)24-13(18-10)19-12(21)8-20-3-5-22-6-4-20;1-9-7-8-5-3-2-4-6-8/h1-2,7H,3-6,8H2,(H,18,19,21);2-6H,7H2,1H3. The number of nitrogens with zero attached hydrogens (tertiary/aromatic N) is 2. The van der Waals surface area contributed by atoms with Gasteiger partial charge in [-0.05, 0) is 17.7 Å². The topological polar surface area (TPSA) is 72.9 Å². The fourth-order valence-electron chi connectivity index (χ4n) is 3.02. The number of halogens is 3. The normalized spacial score (nSPS) is 14.4. The summed E-state index contributed by atoms with van der Waals surface area (Å²) in [7, 11) is 1.70. The van der Waals surface area contributed by atoms with Crippen LogP contribution in [0.15, 0.2) is 48.5 Å². The predicted molar refractivity (Wildman–Crippen MR) is 119 cm³/mol. The van der Waals surface area contributed by atoms with Crippen molar-refractivity contribution in [3.8, 4) is 5.75 Å². The van der Waals surface area contributed by atoms with Crippen LogP contribution in [0.5, 0.6) is 5.75 Å². The lowest BCUT2D eigenvalue weighted by Crippen LogP contribution is -2.41. The van der Waals surface area contributed by atoms with Gasteiger partial charge in [-0.3, -0.25) is 9.69 Å². The van der Waals surface area contributed by atoms with Gasteiger partial charge in [-0.1, -0.05) is 41.7 Å². The highest BCUT2D eigenvalue weighted by atomic mass is 32.1. The Balaban J connectivity index is 0.000000286. The van der Waals surface area contributed by atoms with E-state index in [0.29, 0.717) is 48.3 Å². The van der Waals surface area contributed by atoms with Gasteiger partial charge in [0.05, 0.1) is 36.6 Å². The van der Waals surface area contributed by atoms with E-state index in [1.54, 1.807) is 7.11 Å². The molecule has 0 bridgehead atoms. The summed E-state index contributed by atoms with van der Waals surface area (Å²) in [6.07, 6.45) is -4.74. The van der Waals surface area contributed by atoms with Crippen LogP contribution >= 0.6 is 11.3 Å². The third kappa shape index (κ3) is 8.61. The van der Waals surface area contributed by atoms with Crippen LogP contribution in [0.2, 0.25) is 0 Å². The summed E-state index contributed by atoms with van der Waals surface area (Å²) in [6.45, 7) is 3.49. The molecule has 1 saturated heterocycles. The first-order valence-corrected chi connectivity index (χ1v) is 10.9. The molecule has 1 aromatic heterocycles. The van der Waals surface area contributed by atoms with Crippen molar-refractivity contribution in [2.24, 2.45) is 0 Å². The van der Waals surface area contributed by atoms with Crippen molar-refractivity contribution >= 4 is 32.6 Å². The summed E-state index contributed by atoms with van der Waals surface area (Å²) in [5, 5.41) is 3.01. The first kappa shape index (κ1) is 24.9. The van der Waals surface area contributed by atoms with E-state index in [9.17, 15) is 18.0 Å². The van der Waals surface area contributed by atoms with E-state index in [0.717, 1.165) is 11.3 Å². The number of thiazole rings is 1. The summed E-state index contributed by atoms with van der Waals surface area (Å²) < 4.78 is 51.2. The largest absolute Gasteiger partial charge is 0.573 e. The van der Waals surface area contributed by atoms with Crippen molar-refractivity contribution < 1.29 is 32.2 Å². The lowest BCUT2D eigenvalue weighted by molar-refractivity contribution is -0.274. The van der Waals surface area contributed by atoms with Crippen molar-refractivity contribution in [1.82, 2.24) is 9.88 Å². The van der Waals surface area contributed by atoms with Gasteiger partial charge in [0.15, 0.2) is 5.13 Å². The molecule has 2 heterocycles. The second-order valence-corrected chi connectivity index (χ2v) is 8.08. The van der Waals surface area contributed by atoms with Crippen molar-refractivity contribution in [3.05, 3.63) is 54.1 Å². The number of alkyl halides is 3. The zero-order valence-electron chi connectivity index (χ0n) is 17.9. The molecule has 0 aliphatic carbocycles. The fraction of sp³-hybridized carbons (Fsp3) is 0.364. The summed E-state index contributed by atoms with van der Waals surface area (Å²) >= 11 is 1.09. The second-order valence-electron chi connectivity index (χ2n) is 7.05. The van der Waals surface area contributed by atoms with Crippen LogP contribution in [0.4, 0.5) is 18.3 Å².